The van der Waals surface area contributed by atoms with Gasteiger partial charge >= 0.3 is 5.97 Å². The number of ether oxygens (including phenoxy) is 2. The maximum Gasteiger partial charge on any atom is 0.340 e. The minimum absolute atomic E-state index is 0.0765. The quantitative estimate of drug-likeness (QED) is 0.437. The maximum atomic E-state index is 12.5. The topological polar surface area (TPSA) is 133 Å². The van der Waals surface area contributed by atoms with Gasteiger partial charge in [0.25, 0.3) is 0 Å². The number of amides is 1. The van der Waals surface area contributed by atoms with Crippen molar-refractivity contribution in [3.63, 3.8) is 0 Å². The van der Waals surface area contributed by atoms with E-state index in [1.54, 1.807) is 24.5 Å². The van der Waals surface area contributed by atoms with Crippen LogP contribution in [0.25, 0.3) is 10.8 Å². The molecule has 3 aliphatic rings. The molecule has 1 saturated carbocycles. The first-order valence-corrected chi connectivity index (χ1v) is 13.9. The molecule has 210 valence electrons. The monoisotopic (exact) mass is 544 g/mol. The van der Waals surface area contributed by atoms with Crippen molar-refractivity contribution in [3.05, 3.63) is 47.4 Å². The molecule has 1 aliphatic carbocycles. The lowest BCUT2D eigenvalue weighted by Gasteiger charge is -2.39. The van der Waals surface area contributed by atoms with Crippen LogP contribution in [0.5, 0.6) is 5.88 Å². The molecule has 6 rings (SSSR count). The van der Waals surface area contributed by atoms with E-state index in [0.717, 1.165) is 22.8 Å². The minimum atomic E-state index is -0.658. The van der Waals surface area contributed by atoms with Gasteiger partial charge in [-0.2, -0.15) is 0 Å². The van der Waals surface area contributed by atoms with Crippen molar-refractivity contribution in [3.8, 4) is 5.88 Å². The van der Waals surface area contributed by atoms with E-state index in [-0.39, 0.29) is 29.8 Å². The molecule has 2 fully saturated rings. The molecule has 0 spiro atoms. The molecule has 10 heteroatoms. The number of rotatable bonds is 6. The number of hydrogen-bond donors (Lipinski definition) is 2. The van der Waals surface area contributed by atoms with Crippen LogP contribution in [0.4, 0.5) is 11.6 Å². The molecule has 10 nitrogen and oxygen atoms in total. The highest BCUT2D eigenvalue weighted by atomic mass is 16.6. The van der Waals surface area contributed by atoms with Crippen molar-refractivity contribution >= 4 is 34.3 Å². The maximum absolute atomic E-state index is 12.5. The summed E-state index contributed by atoms with van der Waals surface area (Å²) in [5.74, 6) is 2.08. The average molecular weight is 545 g/mol. The van der Waals surface area contributed by atoms with E-state index in [9.17, 15) is 9.59 Å². The lowest BCUT2D eigenvalue weighted by atomic mass is 9.84. The van der Waals surface area contributed by atoms with Gasteiger partial charge < -0.3 is 25.4 Å². The molecule has 1 amide bonds. The zero-order valence-electron chi connectivity index (χ0n) is 23.8. The number of likely N-dealkylation sites (tertiary alicyclic amines) is 1. The van der Waals surface area contributed by atoms with Gasteiger partial charge in [-0.05, 0) is 69.2 Å². The van der Waals surface area contributed by atoms with Crippen LogP contribution in [0.1, 0.15) is 75.5 Å². The summed E-state index contributed by atoms with van der Waals surface area (Å²) in [4.78, 5) is 40.8. The number of carbonyl (C=O) groups is 2. The Morgan fingerprint density at radius 1 is 1.15 bits per heavy atom. The highest BCUT2D eigenvalue weighted by Crippen LogP contribution is 2.41. The van der Waals surface area contributed by atoms with Gasteiger partial charge in [-0.15, -0.1) is 0 Å². The van der Waals surface area contributed by atoms with Gasteiger partial charge in [0.1, 0.15) is 23.3 Å². The number of esters is 1. The van der Waals surface area contributed by atoms with E-state index >= 15 is 0 Å². The standard InChI is InChI=1S/C30H36N6O4/c1-15-9-19(15)27(37)36-13-17(14-36)39-26-21-11-32-24(10-20(21)22(12-33-26)29(3,4)31)34-23-8-7-18-25(35-23)16(2)30(5,6)40-28(18)38/h7-8,10-12,15-17,19H,9,13-14,31H2,1-6H3,(H,32,34,35)/t15-,16-,19-/m1/s1. The van der Waals surface area contributed by atoms with Crippen molar-refractivity contribution in [2.24, 2.45) is 17.6 Å². The van der Waals surface area contributed by atoms with Crippen molar-refractivity contribution in [2.75, 3.05) is 18.4 Å². The highest BCUT2D eigenvalue weighted by Gasteiger charge is 2.45. The number of nitrogens with one attached hydrogen (secondary N) is 1. The van der Waals surface area contributed by atoms with Gasteiger partial charge in [-0.1, -0.05) is 13.8 Å². The molecule has 0 radical (unpaired) electrons. The molecule has 2 aliphatic heterocycles. The Balaban J connectivity index is 1.27. The predicted octanol–water partition coefficient (Wildman–Crippen LogP) is 4.26. The van der Waals surface area contributed by atoms with E-state index in [4.69, 9.17) is 20.2 Å². The van der Waals surface area contributed by atoms with E-state index in [1.165, 1.54) is 0 Å². The van der Waals surface area contributed by atoms with Crippen LogP contribution in [0.3, 0.4) is 0 Å². The molecular formula is C30H36N6O4. The molecule has 3 aromatic heterocycles. The van der Waals surface area contributed by atoms with E-state index < -0.39 is 11.1 Å². The molecule has 3 aromatic rings. The fourth-order valence-corrected chi connectivity index (χ4v) is 5.43. The van der Waals surface area contributed by atoms with Gasteiger partial charge in [0.15, 0.2) is 0 Å². The number of nitrogens with zero attached hydrogens (tertiary/aromatic N) is 4. The molecule has 1 saturated heterocycles. The van der Waals surface area contributed by atoms with Crippen LogP contribution in [0.2, 0.25) is 0 Å². The van der Waals surface area contributed by atoms with Crippen LogP contribution < -0.4 is 15.8 Å². The lowest BCUT2D eigenvalue weighted by Crippen LogP contribution is -2.56. The van der Waals surface area contributed by atoms with Gasteiger partial charge in [0.05, 0.1) is 29.7 Å². The number of fused-ring (bicyclic) bond motifs is 2. The number of cyclic esters (lactones) is 1. The van der Waals surface area contributed by atoms with Crippen LogP contribution >= 0.6 is 0 Å². The Morgan fingerprint density at radius 3 is 2.55 bits per heavy atom. The van der Waals surface area contributed by atoms with Gasteiger partial charge in [0, 0.05) is 29.8 Å². The SMILES string of the molecule is C[C@@H]1C[C@H]1C(=O)N1CC(Oc2ncc(C(C)(C)N)c3cc(Nc4ccc5c(n4)[C@@H](C)C(C)(C)OC5=O)ncc23)C1. The molecule has 0 bridgehead atoms. The highest BCUT2D eigenvalue weighted by molar-refractivity contribution is 5.93. The van der Waals surface area contributed by atoms with Crippen LogP contribution in [-0.2, 0) is 15.1 Å². The van der Waals surface area contributed by atoms with Crippen molar-refractivity contribution in [1.29, 1.82) is 0 Å². The predicted molar refractivity (Wildman–Crippen MR) is 150 cm³/mol. The van der Waals surface area contributed by atoms with Crippen LogP contribution in [0.15, 0.2) is 30.6 Å². The fourth-order valence-electron chi connectivity index (χ4n) is 5.43. The van der Waals surface area contributed by atoms with E-state index in [2.05, 4.69) is 22.2 Å². The number of aromatic nitrogens is 3. The molecule has 40 heavy (non-hydrogen) atoms. The van der Waals surface area contributed by atoms with Gasteiger partial charge in [-0.3, -0.25) is 4.79 Å². The smallest absolute Gasteiger partial charge is 0.340 e. The number of nitrogens with two attached hydrogens (primary N) is 1. The normalized spacial score (nSPS) is 23.7. The Hall–Kier alpha value is -3.79. The second-order valence-electron chi connectivity index (χ2n) is 12.6. The zero-order chi connectivity index (χ0) is 28.6. The summed E-state index contributed by atoms with van der Waals surface area (Å²) >= 11 is 0. The third-order valence-corrected chi connectivity index (χ3v) is 8.50. The van der Waals surface area contributed by atoms with E-state index in [0.29, 0.717) is 47.8 Å². The zero-order valence-corrected chi connectivity index (χ0v) is 23.8. The summed E-state index contributed by atoms with van der Waals surface area (Å²) in [7, 11) is 0. The number of carbonyl (C=O) groups excluding carboxylic acids is 2. The molecule has 5 heterocycles. The Bertz CT molecular complexity index is 1520. The molecule has 3 N–H and O–H groups in total. The number of pyridine rings is 3. The van der Waals surface area contributed by atoms with Crippen LogP contribution in [-0.4, -0.2) is 56.5 Å². The molecule has 0 unspecified atom stereocenters. The summed E-state index contributed by atoms with van der Waals surface area (Å²) in [6.07, 6.45) is 4.35. The second-order valence-corrected chi connectivity index (χ2v) is 12.6. The van der Waals surface area contributed by atoms with Gasteiger partial charge in [0.2, 0.25) is 11.8 Å². The van der Waals surface area contributed by atoms with Crippen LogP contribution in [0, 0.1) is 11.8 Å². The first kappa shape index (κ1) is 26.4. The molecular weight excluding hydrogens is 508 g/mol. The second kappa shape index (κ2) is 9.12. The third-order valence-electron chi connectivity index (χ3n) is 8.50. The first-order chi connectivity index (χ1) is 18.8. The summed E-state index contributed by atoms with van der Waals surface area (Å²) in [6.45, 7) is 12.9. The lowest BCUT2D eigenvalue weighted by molar-refractivity contribution is -0.141. The van der Waals surface area contributed by atoms with E-state index in [1.807, 2.05) is 45.6 Å². The molecule has 3 atom stereocenters. The first-order valence-electron chi connectivity index (χ1n) is 13.9. The van der Waals surface area contributed by atoms with Crippen molar-refractivity contribution in [2.45, 2.75) is 71.1 Å². The summed E-state index contributed by atoms with van der Waals surface area (Å²) < 4.78 is 11.8. The molecule has 0 aromatic carbocycles. The Morgan fingerprint density at radius 2 is 1.88 bits per heavy atom. The Kier molecular flexibility index (Phi) is 6.03. The number of anilines is 2. The summed E-state index contributed by atoms with van der Waals surface area (Å²) in [5, 5.41) is 4.90. The Labute approximate surface area is 233 Å². The van der Waals surface area contributed by atoms with Crippen molar-refractivity contribution in [1.82, 2.24) is 19.9 Å². The largest absolute Gasteiger partial charge is 0.470 e. The minimum Gasteiger partial charge on any atom is -0.470 e. The van der Waals surface area contributed by atoms with Gasteiger partial charge in [-0.25, -0.2) is 19.7 Å². The average Bonchev–Trinajstić information content (AvgIpc) is 3.59. The number of hydrogen-bond acceptors (Lipinski definition) is 9. The third kappa shape index (κ3) is 4.64. The summed E-state index contributed by atoms with van der Waals surface area (Å²) in [5.41, 5.74) is 7.24. The fraction of sp³-hybridized carbons (Fsp3) is 0.500. The van der Waals surface area contributed by atoms with Crippen molar-refractivity contribution < 1.29 is 19.1 Å². The summed E-state index contributed by atoms with van der Waals surface area (Å²) in [6, 6.07) is 5.40.